The van der Waals surface area contributed by atoms with E-state index in [0.29, 0.717) is 12.0 Å². The van der Waals surface area contributed by atoms with Gasteiger partial charge in [0.25, 0.3) is 0 Å². The van der Waals surface area contributed by atoms with Crippen molar-refractivity contribution in [3.63, 3.8) is 0 Å². The van der Waals surface area contributed by atoms with Crippen molar-refractivity contribution in [2.75, 3.05) is 12.3 Å². The second kappa shape index (κ2) is 4.93. The van der Waals surface area contributed by atoms with Crippen molar-refractivity contribution < 1.29 is 10.0 Å². The molecule has 0 aromatic carbocycles. The first-order chi connectivity index (χ1) is 7.16. The van der Waals surface area contributed by atoms with Gasteiger partial charge in [0.05, 0.1) is 17.1 Å². The summed E-state index contributed by atoms with van der Waals surface area (Å²) in [6, 6.07) is 0. The van der Waals surface area contributed by atoms with Gasteiger partial charge < -0.3 is 10.8 Å². The Kier molecular flexibility index (Phi) is 3.60. The van der Waals surface area contributed by atoms with Crippen LogP contribution in [0.25, 0.3) is 0 Å². The monoisotopic (exact) mass is 207 g/mol. The number of aliphatic hydroxyl groups is 1. The van der Waals surface area contributed by atoms with Crippen LogP contribution in [-0.2, 0) is 0 Å². The largest absolute Gasteiger partial charge is 0.395 e. The van der Waals surface area contributed by atoms with E-state index in [1.807, 2.05) is 0 Å². The minimum atomic E-state index is -0.612. The number of pyridine rings is 1. The lowest BCUT2D eigenvalue weighted by atomic mass is 10.2. The Morgan fingerprint density at radius 2 is 2.33 bits per heavy atom. The fourth-order valence-electron chi connectivity index (χ4n) is 0.918. The first-order valence-electron chi connectivity index (χ1n) is 4.14. The summed E-state index contributed by atoms with van der Waals surface area (Å²) in [6.45, 7) is -0.0603. The normalized spacial score (nSPS) is 9.13. The maximum absolute atomic E-state index is 10.5. The summed E-state index contributed by atoms with van der Waals surface area (Å²) in [5, 5.41) is 19.0. The van der Waals surface area contributed by atoms with Gasteiger partial charge in [0.2, 0.25) is 0 Å². The number of nitrogens with zero attached hydrogens (tertiary/aromatic N) is 2. The highest BCUT2D eigenvalue weighted by atomic mass is 16.6. The number of nitro groups is 1. The summed E-state index contributed by atoms with van der Waals surface area (Å²) in [5.74, 6) is 5.22. The molecule has 0 bridgehead atoms. The molecule has 0 radical (unpaired) electrons. The minimum Gasteiger partial charge on any atom is -0.395 e. The maximum Gasteiger partial charge on any atom is 0.311 e. The zero-order valence-corrected chi connectivity index (χ0v) is 7.80. The van der Waals surface area contributed by atoms with Crippen molar-refractivity contribution in [2.45, 2.75) is 6.42 Å². The van der Waals surface area contributed by atoms with Crippen molar-refractivity contribution in [1.82, 2.24) is 4.98 Å². The minimum absolute atomic E-state index is 0.000407. The molecular weight excluding hydrogens is 198 g/mol. The summed E-state index contributed by atoms with van der Waals surface area (Å²) < 4.78 is 0. The van der Waals surface area contributed by atoms with Crippen LogP contribution < -0.4 is 5.73 Å². The number of aliphatic hydroxyl groups excluding tert-OH is 1. The summed E-state index contributed by atoms with van der Waals surface area (Å²) in [6.07, 6.45) is 2.72. The number of anilines is 1. The number of nitrogen functional groups attached to an aromatic ring is 1. The Morgan fingerprint density at radius 3 is 2.93 bits per heavy atom. The van der Waals surface area contributed by atoms with E-state index >= 15 is 0 Å². The Morgan fingerprint density at radius 1 is 1.60 bits per heavy atom. The van der Waals surface area contributed by atoms with Gasteiger partial charge in [-0.2, -0.15) is 0 Å². The standard InChI is InChI=1S/C9H9N3O3/c10-9-7(3-1-2-4-13)5-11-6-8(9)12(14)15/h5-6,13H,2,4H2,(H2,10,11). The predicted octanol–water partition coefficient (Wildman–Crippen LogP) is 0.306. The maximum atomic E-state index is 10.5. The van der Waals surface area contributed by atoms with E-state index in [4.69, 9.17) is 10.8 Å². The van der Waals surface area contributed by atoms with Crippen molar-refractivity contribution in [3.05, 3.63) is 28.1 Å². The highest BCUT2D eigenvalue weighted by Crippen LogP contribution is 2.22. The summed E-state index contributed by atoms with van der Waals surface area (Å²) in [7, 11) is 0. The third-order valence-corrected chi connectivity index (χ3v) is 1.62. The molecule has 78 valence electrons. The molecule has 15 heavy (non-hydrogen) atoms. The van der Waals surface area contributed by atoms with E-state index in [9.17, 15) is 10.1 Å². The summed E-state index contributed by atoms with van der Waals surface area (Å²) in [4.78, 5) is 13.5. The molecule has 3 N–H and O–H groups in total. The van der Waals surface area contributed by atoms with Gasteiger partial charge in [0.15, 0.2) is 0 Å². The van der Waals surface area contributed by atoms with Crippen LogP contribution in [0.15, 0.2) is 12.4 Å². The number of rotatable bonds is 2. The van der Waals surface area contributed by atoms with Gasteiger partial charge in [0.1, 0.15) is 11.9 Å². The van der Waals surface area contributed by atoms with Gasteiger partial charge >= 0.3 is 5.69 Å². The lowest BCUT2D eigenvalue weighted by Crippen LogP contribution is -1.99. The molecule has 6 nitrogen and oxygen atoms in total. The third kappa shape index (κ3) is 2.65. The fourth-order valence-corrected chi connectivity index (χ4v) is 0.918. The molecule has 0 atom stereocenters. The van der Waals surface area contributed by atoms with E-state index in [0.717, 1.165) is 6.20 Å². The van der Waals surface area contributed by atoms with Crippen LogP contribution in [0.1, 0.15) is 12.0 Å². The average molecular weight is 207 g/mol. The Balaban J connectivity index is 3.06. The molecule has 0 saturated carbocycles. The zero-order chi connectivity index (χ0) is 11.3. The molecule has 1 aromatic rings. The molecule has 0 aliphatic heterocycles. The molecule has 0 fully saturated rings. The topological polar surface area (TPSA) is 102 Å². The number of nitrogens with two attached hydrogens (primary N) is 1. The van der Waals surface area contributed by atoms with Crippen molar-refractivity contribution in [2.24, 2.45) is 0 Å². The van der Waals surface area contributed by atoms with Crippen LogP contribution in [0, 0.1) is 22.0 Å². The van der Waals surface area contributed by atoms with Crippen LogP contribution >= 0.6 is 0 Å². The second-order valence-corrected chi connectivity index (χ2v) is 2.65. The van der Waals surface area contributed by atoms with Crippen LogP contribution in [0.5, 0.6) is 0 Å². The summed E-state index contributed by atoms with van der Waals surface area (Å²) >= 11 is 0. The molecule has 6 heteroatoms. The molecule has 0 aliphatic rings. The van der Waals surface area contributed by atoms with E-state index in [1.165, 1.54) is 6.20 Å². The first-order valence-corrected chi connectivity index (χ1v) is 4.14. The zero-order valence-electron chi connectivity index (χ0n) is 7.80. The molecule has 0 saturated heterocycles. The SMILES string of the molecule is Nc1c(C#CCCO)cncc1[N+](=O)[O-]. The quantitative estimate of drug-likeness (QED) is 0.412. The van der Waals surface area contributed by atoms with E-state index in [1.54, 1.807) is 0 Å². The molecule has 0 unspecified atom stereocenters. The second-order valence-electron chi connectivity index (χ2n) is 2.65. The van der Waals surface area contributed by atoms with Gasteiger partial charge in [-0.1, -0.05) is 11.8 Å². The van der Waals surface area contributed by atoms with Crippen LogP contribution in [-0.4, -0.2) is 21.6 Å². The van der Waals surface area contributed by atoms with Gasteiger partial charge in [-0.05, 0) is 0 Å². The van der Waals surface area contributed by atoms with Gasteiger partial charge in [0, 0.05) is 12.6 Å². The van der Waals surface area contributed by atoms with Crippen molar-refractivity contribution in [3.8, 4) is 11.8 Å². The highest BCUT2D eigenvalue weighted by molar-refractivity contribution is 5.66. The van der Waals surface area contributed by atoms with E-state index < -0.39 is 4.92 Å². The van der Waals surface area contributed by atoms with Gasteiger partial charge in [-0.15, -0.1) is 0 Å². The third-order valence-electron chi connectivity index (χ3n) is 1.62. The van der Waals surface area contributed by atoms with Gasteiger partial charge in [-0.3, -0.25) is 15.1 Å². The average Bonchev–Trinajstić information content (AvgIpc) is 2.20. The summed E-state index contributed by atoms with van der Waals surface area (Å²) in [5.41, 5.74) is 5.57. The number of aromatic nitrogens is 1. The van der Waals surface area contributed by atoms with Crippen LogP contribution in [0.3, 0.4) is 0 Å². The fraction of sp³-hybridized carbons (Fsp3) is 0.222. The number of hydrogen-bond acceptors (Lipinski definition) is 5. The first kappa shape index (κ1) is 10.9. The highest BCUT2D eigenvalue weighted by Gasteiger charge is 2.13. The molecule has 0 spiro atoms. The Hall–Kier alpha value is -2.13. The molecule has 1 rings (SSSR count). The smallest absolute Gasteiger partial charge is 0.311 e. The molecule has 1 heterocycles. The number of hydrogen-bond donors (Lipinski definition) is 2. The lowest BCUT2D eigenvalue weighted by Gasteiger charge is -1.97. The van der Waals surface area contributed by atoms with Crippen molar-refractivity contribution in [1.29, 1.82) is 0 Å². The predicted molar refractivity (Wildman–Crippen MR) is 53.9 cm³/mol. The van der Waals surface area contributed by atoms with E-state index in [-0.39, 0.29) is 18.0 Å². The van der Waals surface area contributed by atoms with Gasteiger partial charge in [-0.25, -0.2) is 0 Å². The molecule has 0 amide bonds. The van der Waals surface area contributed by atoms with Crippen molar-refractivity contribution >= 4 is 11.4 Å². The van der Waals surface area contributed by atoms with Crippen LogP contribution in [0.2, 0.25) is 0 Å². The molecule has 0 aliphatic carbocycles. The molecule has 1 aromatic heterocycles. The van der Waals surface area contributed by atoms with E-state index in [2.05, 4.69) is 16.8 Å². The van der Waals surface area contributed by atoms with Crippen LogP contribution in [0.4, 0.5) is 11.4 Å². The molecular formula is C9H9N3O3. The lowest BCUT2D eigenvalue weighted by molar-refractivity contribution is -0.384. The Labute approximate surface area is 85.9 Å². The Bertz CT molecular complexity index is 434.